The number of aliphatic hydroxyl groups is 1. The Morgan fingerprint density at radius 3 is 2.85 bits per heavy atom. The van der Waals surface area contributed by atoms with Gasteiger partial charge in [0.15, 0.2) is 5.60 Å². The molecule has 2 atom stereocenters. The maximum absolute atomic E-state index is 13.5. The van der Waals surface area contributed by atoms with E-state index >= 15 is 0 Å². The first-order valence-electron chi connectivity index (χ1n) is 6.22. The van der Waals surface area contributed by atoms with Crippen LogP contribution in [0.15, 0.2) is 18.2 Å². The maximum Gasteiger partial charge on any atom is 0.340 e. The van der Waals surface area contributed by atoms with Crippen molar-refractivity contribution in [2.75, 3.05) is 12.4 Å². The summed E-state index contributed by atoms with van der Waals surface area (Å²) in [4.78, 5) is 23.2. The zero-order valence-corrected chi connectivity index (χ0v) is 11.3. The minimum absolute atomic E-state index is 0.0128. The zero-order chi connectivity index (χ0) is 14.9. The molecule has 0 saturated heterocycles. The second-order valence-electron chi connectivity index (χ2n) is 5.00. The number of aryl methyl sites for hydroxylation is 1. The molecule has 2 rings (SSSR count). The molecule has 108 valence electrons. The SMILES string of the molecule is COC(=O)[C@]1(O)CC(=O)C[C@H]1Nc1ccc(C)c(F)c1. The number of rotatable bonds is 3. The molecule has 0 bridgehead atoms. The summed E-state index contributed by atoms with van der Waals surface area (Å²) in [7, 11) is 1.14. The van der Waals surface area contributed by atoms with Gasteiger partial charge in [0.25, 0.3) is 0 Å². The molecule has 0 aliphatic heterocycles. The Morgan fingerprint density at radius 1 is 1.55 bits per heavy atom. The summed E-state index contributed by atoms with van der Waals surface area (Å²) in [6.45, 7) is 1.63. The van der Waals surface area contributed by atoms with E-state index in [0.29, 0.717) is 11.3 Å². The Hall–Kier alpha value is -1.95. The second kappa shape index (κ2) is 5.20. The number of anilines is 1. The number of esters is 1. The van der Waals surface area contributed by atoms with E-state index in [4.69, 9.17) is 0 Å². The van der Waals surface area contributed by atoms with Crippen molar-refractivity contribution in [2.24, 2.45) is 0 Å². The molecular weight excluding hydrogens is 265 g/mol. The molecule has 0 spiro atoms. The maximum atomic E-state index is 13.5. The minimum atomic E-state index is -1.91. The van der Waals surface area contributed by atoms with E-state index in [-0.39, 0.29) is 18.6 Å². The summed E-state index contributed by atoms with van der Waals surface area (Å²) >= 11 is 0. The third-order valence-electron chi connectivity index (χ3n) is 3.53. The van der Waals surface area contributed by atoms with Gasteiger partial charge in [0, 0.05) is 18.5 Å². The largest absolute Gasteiger partial charge is 0.467 e. The van der Waals surface area contributed by atoms with Gasteiger partial charge in [-0.2, -0.15) is 0 Å². The van der Waals surface area contributed by atoms with Crippen molar-refractivity contribution in [3.63, 3.8) is 0 Å². The van der Waals surface area contributed by atoms with Crippen LogP contribution in [0.3, 0.4) is 0 Å². The van der Waals surface area contributed by atoms with Gasteiger partial charge in [0.2, 0.25) is 0 Å². The molecule has 1 aromatic rings. The fourth-order valence-electron chi connectivity index (χ4n) is 2.34. The number of ether oxygens (including phenoxy) is 1. The fraction of sp³-hybridized carbons (Fsp3) is 0.429. The Balaban J connectivity index is 2.24. The molecule has 0 aromatic heterocycles. The number of carbonyl (C=O) groups is 2. The van der Waals surface area contributed by atoms with Crippen molar-refractivity contribution in [1.29, 1.82) is 0 Å². The summed E-state index contributed by atoms with van der Waals surface area (Å²) in [5.74, 6) is -1.52. The Kier molecular flexibility index (Phi) is 3.76. The van der Waals surface area contributed by atoms with Crippen LogP contribution in [0.4, 0.5) is 10.1 Å². The van der Waals surface area contributed by atoms with E-state index in [0.717, 1.165) is 7.11 Å². The van der Waals surface area contributed by atoms with Crippen LogP contribution in [0.1, 0.15) is 18.4 Å². The smallest absolute Gasteiger partial charge is 0.340 e. The van der Waals surface area contributed by atoms with Gasteiger partial charge in [-0.1, -0.05) is 6.07 Å². The molecule has 1 aliphatic rings. The van der Waals surface area contributed by atoms with E-state index in [9.17, 15) is 19.1 Å². The molecule has 6 heteroatoms. The van der Waals surface area contributed by atoms with Crippen molar-refractivity contribution in [1.82, 2.24) is 0 Å². The van der Waals surface area contributed by atoms with Gasteiger partial charge in [-0.15, -0.1) is 0 Å². The number of halogens is 1. The highest BCUT2D eigenvalue weighted by molar-refractivity contribution is 5.94. The summed E-state index contributed by atoms with van der Waals surface area (Å²) in [6, 6.07) is 3.63. The highest BCUT2D eigenvalue weighted by Crippen LogP contribution is 2.31. The molecule has 0 unspecified atom stereocenters. The molecule has 1 aromatic carbocycles. The quantitative estimate of drug-likeness (QED) is 0.814. The predicted molar refractivity (Wildman–Crippen MR) is 69.8 cm³/mol. The van der Waals surface area contributed by atoms with Gasteiger partial charge < -0.3 is 15.2 Å². The summed E-state index contributed by atoms with van der Waals surface area (Å²) in [5.41, 5.74) is -1.02. The van der Waals surface area contributed by atoms with Crippen molar-refractivity contribution in [2.45, 2.75) is 31.4 Å². The lowest BCUT2D eigenvalue weighted by Gasteiger charge is -2.27. The van der Waals surface area contributed by atoms with E-state index in [1.54, 1.807) is 19.1 Å². The van der Waals surface area contributed by atoms with E-state index in [1.807, 2.05) is 0 Å². The third kappa shape index (κ3) is 2.51. The van der Waals surface area contributed by atoms with Crippen LogP contribution in [-0.4, -0.2) is 35.6 Å². The molecule has 5 nitrogen and oxygen atoms in total. The molecule has 1 fully saturated rings. The first-order chi connectivity index (χ1) is 9.36. The van der Waals surface area contributed by atoms with Crippen molar-refractivity contribution in [3.8, 4) is 0 Å². The molecule has 1 saturated carbocycles. The van der Waals surface area contributed by atoms with Crippen molar-refractivity contribution < 1.29 is 23.8 Å². The molecule has 0 radical (unpaired) electrons. The monoisotopic (exact) mass is 281 g/mol. The summed E-state index contributed by atoms with van der Waals surface area (Å²) in [5, 5.41) is 13.2. The first-order valence-corrected chi connectivity index (χ1v) is 6.22. The van der Waals surface area contributed by atoms with Gasteiger partial charge in [-0.25, -0.2) is 9.18 Å². The number of hydrogen-bond acceptors (Lipinski definition) is 5. The topological polar surface area (TPSA) is 75.6 Å². The molecule has 1 aliphatic carbocycles. The van der Waals surface area contributed by atoms with Gasteiger partial charge >= 0.3 is 5.97 Å². The lowest BCUT2D eigenvalue weighted by atomic mass is 9.97. The summed E-state index contributed by atoms with van der Waals surface area (Å²) < 4.78 is 18.0. The third-order valence-corrected chi connectivity index (χ3v) is 3.53. The van der Waals surface area contributed by atoms with Gasteiger partial charge in [0.05, 0.1) is 13.2 Å². The van der Waals surface area contributed by atoms with E-state index < -0.39 is 23.4 Å². The van der Waals surface area contributed by atoms with Crippen molar-refractivity contribution >= 4 is 17.4 Å². The molecule has 0 heterocycles. The number of methoxy groups -OCH3 is 1. The standard InChI is InChI=1S/C14H16FNO4/c1-8-3-4-9(5-11(8)15)16-12-6-10(17)7-14(12,19)13(18)20-2/h3-5,12,16,19H,6-7H2,1-2H3/t12-,14+/m1/s1. The van der Waals surface area contributed by atoms with Crippen LogP contribution in [0.25, 0.3) is 0 Å². The minimum Gasteiger partial charge on any atom is -0.467 e. The number of benzene rings is 1. The average Bonchev–Trinajstić information content (AvgIpc) is 2.69. The van der Waals surface area contributed by atoms with Gasteiger partial charge in [0.1, 0.15) is 11.6 Å². The van der Waals surface area contributed by atoms with Gasteiger partial charge in [-0.05, 0) is 24.6 Å². The first kappa shape index (κ1) is 14.5. The normalized spacial score (nSPS) is 25.6. The van der Waals surface area contributed by atoms with Crippen LogP contribution in [0.5, 0.6) is 0 Å². The molecule has 2 N–H and O–H groups in total. The number of nitrogens with one attached hydrogen (secondary N) is 1. The van der Waals surface area contributed by atoms with E-state index in [1.165, 1.54) is 6.07 Å². The number of Topliss-reactive ketones (excluding diaryl/α,β-unsaturated/α-hetero) is 1. The predicted octanol–water partition coefficient (Wildman–Crippen LogP) is 1.18. The number of hydrogen-bond donors (Lipinski definition) is 2. The van der Waals surface area contributed by atoms with Crippen LogP contribution >= 0.6 is 0 Å². The number of ketones is 1. The Labute approximate surface area is 115 Å². The highest BCUT2D eigenvalue weighted by Gasteiger charge is 2.52. The lowest BCUT2D eigenvalue weighted by molar-refractivity contribution is -0.162. The van der Waals surface area contributed by atoms with Crippen LogP contribution in [0, 0.1) is 12.7 Å². The highest BCUT2D eigenvalue weighted by atomic mass is 19.1. The molecule has 20 heavy (non-hydrogen) atoms. The second-order valence-corrected chi connectivity index (χ2v) is 5.00. The zero-order valence-electron chi connectivity index (χ0n) is 11.3. The number of carbonyl (C=O) groups excluding carboxylic acids is 2. The Morgan fingerprint density at radius 2 is 2.25 bits per heavy atom. The van der Waals surface area contributed by atoms with E-state index in [2.05, 4.69) is 10.1 Å². The van der Waals surface area contributed by atoms with Crippen LogP contribution < -0.4 is 5.32 Å². The summed E-state index contributed by atoms with van der Waals surface area (Å²) in [6.07, 6.45) is -0.313. The Bertz CT molecular complexity index is 560. The van der Waals surface area contributed by atoms with Crippen molar-refractivity contribution in [3.05, 3.63) is 29.6 Å². The van der Waals surface area contributed by atoms with Gasteiger partial charge in [-0.3, -0.25) is 4.79 Å². The van der Waals surface area contributed by atoms with Crippen LogP contribution in [0.2, 0.25) is 0 Å². The lowest BCUT2D eigenvalue weighted by Crippen LogP contribution is -2.49. The molecule has 0 amide bonds. The van der Waals surface area contributed by atoms with Crippen LogP contribution in [-0.2, 0) is 14.3 Å². The molecular formula is C14H16FNO4. The average molecular weight is 281 g/mol. The fourth-order valence-corrected chi connectivity index (χ4v) is 2.34.